The lowest BCUT2D eigenvalue weighted by molar-refractivity contribution is 0.456. The van der Waals surface area contributed by atoms with Crippen LogP contribution in [0.3, 0.4) is 0 Å². The Bertz CT molecular complexity index is 610. The molecule has 0 saturated carbocycles. The van der Waals surface area contributed by atoms with E-state index in [0.29, 0.717) is 15.0 Å². The van der Waals surface area contributed by atoms with Gasteiger partial charge in [-0.2, -0.15) is 0 Å². The highest BCUT2D eigenvalue weighted by molar-refractivity contribution is 14.1. The van der Waals surface area contributed by atoms with Crippen molar-refractivity contribution in [3.8, 4) is 11.6 Å². The molecule has 0 aliphatic carbocycles. The lowest BCUT2D eigenvalue weighted by Crippen LogP contribution is -2.11. The van der Waals surface area contributed by atoms with Crippen molar-refractivity contribution < 1.29 is 4.74 Å². The Morgan fingerprint density at radius 3 is 2.94 bits per heavy atom. The van der Waals surface area contributed by atoms with Crippen molar-refractivity contribution in [3.05, 3.63) is 44.0 Å². The van der Waals surface area contributed by atoms with Crippen LogP contribution in [0.4, 0.5) is 5.69 Å². The predicted octanol–water partition coefficient (Wildman–Crippen LogP) is 2.06. The first-order chi connectivity index (χ1) is 8.08. The molecular formula is C11H10IN3O2. The van der Waals surface area contributed by atoms with Gasteiger partial charge in [0, 0.05) is 11.8 Å². The first-order valence-electron chi connectivity index (χ1n) is 4.85. The number of nitrogens with zero attached hydrogens (tertiary/aromatic N) is 1. The zero-order chi connectivity index (χ0) is 12.4. The van der Waals surface area contributed by atoms with E-state index in [1.807, 2.05) is 35.6 Å². The van der Waals surface area contributed by atoms with Gasteiger partial charge in [-0.1, -0.05) is 6.07 Å². The van der Waals surface area contributed by atoms with Crippen molar-refractivity contribution in [2.24, 2.45) is 0 Å². The molecule has 0 spiro atoms. The Hall–Kier alpha value is -1.57. The maximum Gasteiger partial charge on any atom is 0.268 e. The molecular weight excluding hydrogens is 333 g/mol. The van der Waals surface area contributed by atoms with Gasteiger partial charge in [0.25, 0.3) is 5.56 Å². The van der Waals surface area contributed by atoms with Crippen molar-refractivity contribution in [3.63, 3.8) is 0 Å². The summed E-state index contributed by atoms with van der Waals surface area (Å²) in [5.41, 5.74) is 7.16. The summed E-state index contributed by atoms with van der Waals surface area (Å²) in [6.07, 6.45) is 1.30. The van der Waals surface area contributed by atoms with Gasteiger partial charge in [-0.3, -0.25) is 4.79 Å². The number of hydrogen-bond acceptors (Lipinski definition) is 4. The Balaban J connectivity index is 2.35. The fraction of sp³-hybridized carbons (Fsp3) is 0.0909. The first-order valence-corrected chi connectivity index (χ1v) is 5.93. The van der Waals surface area contributed by atoms with Crippen LogP contribution < -0.4 is 16.0 Å². The number of nitrogen functional groups attached to an aromatic ring is 1. The molecule has 0 radical (unpaired) electrons. The number of anilines is 1. The smallest absolute Gasteiger partial charge is 0.268 e. The van der Waals surface area contributed by atoms with Crippen molar-refractivity contribution >= 4 is 28.3 Å². The lowest BCUT2D eigenvalue weighted by Gasteiger charge is -2.07. The van der Waals surface area contributed by atoms with Crippen molar-refractivity contribution in [1.82, 2.24) is 9.97 Å². The second-order valence-corrected chi connectivity index (χ2v) is 4.55. The molecule has 0 fully saturated rings. The Morgan fingerprint density at radius 1 is 1.47 bits per heavy atom. The largest absolute Gasteiger partial charge is 0.438 e. The molecule has 1 heterocycles. The monoisotopic (exact) mass is 343 g/mol. The fourth-order valence-electron chi connectivity index (χ4n) is 1.23. The third kappa shape index (κ3) is 2.57. The van der Waals surface area contributed by atoms with Gasteiger partial charge in [0.1, 0.15) is 9.32 Å². The summed E-state index contributed by atoms with van der Waals surface area (Å²) in [7, 11) is 0. The maximum absolute atomic E-state index is 11.3. The normalized spacial score (nSPS) is 10.2. The molecule has 2 rings (SSSR count). The number of hydrogen-bond donors (Lipinski definition) is 2. The number of nitrogens with one attached hydrogen (secondary N) is 1. The molecule has 6 heteroatoms. The minimum atomic E-state index is -0.226. The van der Waals surface area contributed by atoms with E-state index in [-0.39, 0.29) is 11.4 Å². The van der Waals surface area contributed by atoms with Crippen molar-refractivity contribution in [1.29, 1.82) is 0 Å². The van der Waals surface area contributed by atoms with E-state index in [0.717, 1.165) is 5.56 Å². The van der Waals surface area contributed by atoms with E-state index in [2.05, 4.69) is 9.97 Å². The fourth-order valence-corrected chi connectivity index (χ4v) is 1.64. The molecule has 0 amide bonds. The number of rotatable bonds is 2. The van der Waals surface area contributed by atoms with Gasteiger partial charge < -0.3 is 15.5 Å². The van der Waals surface area contributed by atoms with Gasteiger partial charge in [0.05, 0.1) is 6.33 Å². The van der Waals surface area contributed by atoms with Crippen LogP contribution in [0.2, 0.25) is 0 Å². The molecule has 1 aromatic carbocycles. The molecule has 0 saturated heterocycles. The average molecular weight is 343 g/mol. The van der Waals surface area contributed by atoms with Gasteiger partial charge in [-0.15, -0.1) is 0 Å². The van der Waals surface area contributed by atoms with Crippen LogP contribution in [0, 0.1) is 10.5 Å². The summed E-state index contributed by atoms with van der Waals surface area (Å²) in [4.78, 5) is 17.8. The summed E-state index contributed by atoms with van der Waals surface area (Å²) in [5, 5.41) is 0. The lowest BCUT2D eigenvalue weighted by atomic mass is 10.2. The second kappa shape index (κ2) is 4.74. The van der Waals surface area contributed by atoms with Crippen LogP contribution in [0.5, 0.6) is 11.6 Å². The van der Waals surface area contributed by atoms with E-state index in [4.69, 9.17) is 10.5 Å². The maximum atomic E-state index is 11.3. The molecule has 2 aromatic rings. The number of benzene rings is 1. The van der Waals surface area contributed by atoms with Gasteiger partial charge in [0.15, 0.2) is 0 Å². The number of aromatic nitrogens is 2. The highest BCUT2D eigenvalue weighted by atomic mass is 127. The average Bonchev–Trinajstić information content (AvgIpc) is 2.30. The molecule has 3 N–H and O–H groups in total. The van der Waals surface area contributed by atoms with Crippen molar-refractivity contribution in [2.45, 2.75) is 6.92 Å². The van der Waals surface area contributed by atoms with Crippen LogP contribution in [-0.2, 0) is 0 Å². The first kappa shape index (κ1) is 11.9. The third-order valence-electron chi connectivity index (χ3n) is 2.23. The van der Waals surface area contributed by atoms with Gasteiger partial charge in [0.2, 0.25) is 5.88 Å². The summed E-state index contributed by atoms with van der Waals surface area (Å²) < 4.78 is 5.91. The minimum Gasteiger partial charge on any atom is -0.438 e. The van der Waals surface area contributed by atoms with Crippen LogP contribution in [-0.4, -0.2) is 9.97 Å². The van der Waals surface area contributed by atoms with E-state index in [1.165, 1.54) is 6.33 Å². The molecule has 0 atom stereocenters. The number of halogens is 1. The van der Waals surface area contributed by atoms with E-state index in [9.17, 15) is 4.79 Å². The number of aryl methyl sites for hydroxylation is 1. The summed E-state index contributed by atoms with van der Waals surface area (Å²) in [5.74, 6) is 0.835. The van der Waals surface area contributed by atoms with Crippen LogP contribution in [0.25, 0.3) is 0 Å². The highest BCUT2D eigenvalue weighted by Crippen LogP contribution is 2.25. The topological polar surface area (TPSA) is 81.0 Å². The predicted molar refractivity (Wildman–Crippen MR) is 73.2 cm³/mol. The van der Waals surface area contributed by atoms with Crippen LogP contribution >= 0.6 is 22.6 Å². The Labute approximate surface area is 111 Å². The van der Waals surface area contributed by atoms with E-state index in [1.54, 1.807) is 12.1 Å². The summed E-state index contributed by atoms with van der Waals surface area (Å²) >= 11 is 1.88. The zero-order valence-electron chi connectivity index (χ0n) is 9.03. The highest BCUT2D eigenvalue weighted by Gasteiger charge is 2.08. The quantitative estimate of drug-likeness (QED) is 0.646. The number of ether oxygens (including phenoxy) is 1. The zero-order valence-corrected chi connectivity index (χ0v) is 11.2. The Morgan fingerprint density at radius 2 is 2.24 bits per heavy atom. The second-order valence-electron chi connectivity index (χ2n) is 3.47. The minimum absolute atomic E-state index is 0.226. The Kier molecular flexibility index (Phi) is 3.32. The van der Waals surface area contributed by atoms with Gasteiger partial charge in [-0.25, -0.2) is 4.98 Å². The van der Waals surface area contributed by atoms with Crippen LogP contribution in [0.1, 0.15) is 5.56 Å². The summed E-state index contributed by atoms with van der Waals surface area (Å²) in [6.45, 7) is 1.91. The molecule has 0 bridgehead atoms. The molecule has 1 aromatic heterocycles. The van der Waals surface area contributed by atoms with E-state index >= 15 is 0 Å². The molecule has 0 aliphatic heterocycles. The van der Waals surface area contributed by atoms with Crippen molar-refractivity contribution in [2.75, 3.05) is 5.73 Å². The molecule has 5 nitrogen and oxygen atoms in total. The third-order valence-corrected chi connectivity index (χ3v) is 3.18. The molecule has 88 valence electrons. The van der Waals surface area contributed by atoms with E-state index < -0.39 is 0 Å². The van der Waals surface area contributed by atoms with Gasteiger partial charge >= 0.3 is 0 Å². The standard InChI is InChI=1S/C11H10IN3O2/c1-6-2-3-7(4-8(6)13)17-11-9(12)10(16)14-5-15-11/h2-5H,13H2,1H3,(H,14,15,16). The number of H-pyrrole nitrogens is 1. The molecule has 0 aliphatic rings. The molecule has 17 heavy (non-hydrogen) atoms. The number of nitrogens with two attached hydrogens (primary N) is 1. The van der Waals surface area contributed by atoms with Gasteiger partial charge in [-0.05, 0) is 41.1 Å². The van der Waals surface area contributed by atoms with Crippen LogP contribution in [0.15, 0.2) is 29.3 Å². The summed E-state index contributed by atoms with van der Waals surface area (Å²) in [6, 6.07) is 5.34. The number of aromatic amines is 1. The SMILES string of the molecule is Cc1ccc(Oc2nc[nH]c(=O)c2I)cc1N. The molecule has 0 unspecified atom stereocenters.